The van der Waals surface area contributed by atoms with Crippen molar-refractivity contribution in [2.45, 2.75) is 6.18 Å². The van der Waals surface area contributed by atoms with E-state index >= 15 is 0 Å². The number of ether oxygens (including phenoxy) is 1. The van der Waals surface area contributed by atoms with Crippen molar-refractivity contribution in [1.82, 2.24) is 0 Å². The largest absolute Gasteiger partial charge is 0.504 e. The predicted molar refractivity (Wildman–Crippen MR) is 66.3 cm³/mol. The first-order chi connectivity index (χ1) is 9.79. The quantitative estimate of drug-likeness (QED) is 0.683. The molecule has 0 bridgehead atoms. The van der Waals surface area contributed by atoms with Crippen molar-refractivity contribution in [1.29, 1.82) is 0 Å². The molecule has 2 aromatic carbocycles. The van der Waals surface area contributed by atoms with E-state index in [1.54, 1.807) is 0 Å². The van der Waals surface area contributed by atoms with Gasteiger partial charge >= 0.3 is 6.18 Å². The molecular formula is C13H8F3NO4. The van der Waals surface area contributed by atoms with Crippen LogP contribution in [0.3, 0.4) is 0 Å². The second kappa shape index (κ2) is 5.31. The van der Waals surface area contributed by atoms with Crippen LogP contribution in [0.5, 0.6) is 17.2 Å². The fraction of sp³-hybridized carbons (Fsp3) is 0.0769. The molecule has 8 heteroatoms. The molecule has 0 aromatic heterocycles. The van der Waals surface area contributed by atoms with E-state index in [-0.39, 0.29) is 11.5 Å². The summed E-state index contributed by atoms with van der Waals surface area (Å²) in [5, 5.41) is 20.1. The van der Waals surface area contributed by atoms with Crippen LogP contribution in [0.4, 0.5) is 18.9 Å². The lowest BCUT2D eigenvalue weighted by Gasteiger charge is -2.14. The molecule has 2 aromatic rings. The summed E-state index contributed by atoms with van der Waals surface area (Å²) in [5.74, 6) is -1.16. The Bertz CT molecular complexity index is 685. The molecule has 0 saturated carbocycles. The number of nitro groups is 1. The third-order valence-corrected chi connectivity index (χ3v) is 2.56. The Hall–Kier alpha value is -2.77. The molecule has 0 saturated heterocycles. The van der Waals surface area contributed by atoms with Crippen LogP contribution in [0.1, 0.15) is 5.56 Å². The second-order valence-electron chi connectivity index (χ2n) is 4.01. The van der Waals surface area contributed by atoms with Crippen molar-refractivity contribution >= 4 is 5.69 Å². The summed E-state index contributed by atoms with van der Waals surface area (Å²) in [6, 6.07) is 7.58. The molecule has 0 atom stereocenters. The average molecular weight is 299 g/mol. The van der Waals surface area contributed by atoms with Gasteiger partial charge in [0.05, 0.1) is 4.92 Å². The van der Waals surface area contributed by atoms with Crippen LogP contribution >= 0.6 is 0 Å². The number of benzene rings is 2. The maximum atomic E-state index is 12.9. The molecule has 2 rings (SSSR count). The molecule has 110 valence electrons. The first kappa shape index (κ1) is 14.6. The smallest absolute Gasteiger partial charge is 0.420 e. The van der Waals surface area contributed by atoms with E-state index in [2.05, 4.69) is 0 Å². The highest BCUT2D eigenvalue weighted by Crippen LogP contribution is 2.41. The van der Waals surface area contributed by atoms with Crippen molar-refractivity contribution in [3.05, 3.63) is 58.1 Å². The number of phenolic OH excluding ortho intramolecular Hbond substituents is 1. The van der Waals surface area contributed by atoms with Gasteiger partial charge in [-0.05, 0) is 18.2 Å². The van der Waals surface area contributed by atoms with Crippen molar-refractivity contribution in [2.24, 2.45) is 0 Å². The minimum Gasteiger partial charge on any atom is -0.504 e. The number of para-hydroxylation sites is 2. The summed E-state index contributed by atoms with van der Waals surface area (Å²) in [4.78, 5) is 9.63. The number of hydrogen-bond acceptors (Lipinski definition) is 4. The van der Waals surface area contributed by atoms with E-state index in [1.165, 1.54) is 24.3 Å². The highest BCUT2D eigenvalue weighted by molar-refractivity contribution is 5.49. The number of alkyl halides is 3. The maximum Gasteiger partial charge on any atom is 0.420 e. The summed E-state index contributed by atoms with van der Waals surface area (Å²) in [5.41, 5.74) is -1.99. The number of nitro benzene ring substituents is 1. The van der Waals surface area contributed by atoms with Gasteiger partial charge < -0.3 is 9.84 Å². The van der Waals surface area contributed by atoms with Gasteiger partial charge in [-0.2, -0.15) is 13.2 Å². The van der Waals surface area contributed by atoms with Crippen molar-refractivity contribution in [2.75, 3.05) is 0 Å². The van der Waals surface area contributed by atoms with Gasteiger partial charge in [0.2, 0.25) is 0 Å². The lowest BCUT2D eigenvalue weighted by atomic mass is 10.1. The number of rotatable bonds is 3. The number of halogens is 3. The van der Waals surface area contributed by atoms with Gasteiger partial charge in [-0.15, -0.1) is 0 Å². The zero-order valence-electron chi connectivity index (χ0n) is 10.3. The molecule has 0 fully saturated rings. The average Bonchev–Trinajstić information content (AvgIpc) is 2.40. The summed E-state index contributed by atoms with van der Waals surface area (Å²) < 4.78 is 43.8. The maximum absolute atomic E-state index is 12.9. The van der Waals surface area contributed by atoms with Gasteiger partial charge in [0.15, 0.2) is 11.5 Å². The molecule has 0 aliphatic heterocycles. The van der Waals surface area contributed by atoms with E-state index < -0.39 is 28.1 Å². The Balaban J connectivity index is 2.48. The van der Waals surface area contributed by atoms with Gasteiger partial charge in [0, 0.05) is 12.1 Å². The first-order valence-electron chi connectivity index (χ1n) is 5.60. The molecule has 21 heavy (non-hydrogen) atoms. The Morgan fingerprint density at radius 1 is 1.10 bits per heavy atom. The normalized spacial score (nSPS) is 11.2. The summed E-state index contributed by atoms with van der Waals surface area (Å²) in [6.45, 7) is 0. The summed E-state index contributed by atoms with van der Waals surface area (Å²) in [6.07, 6.45) is -4.83. The van der Waals surface area contributed by atoms with Crippen LogP contribution in [-0.4, -0.2) is 10.0 Å². The zero-order valence-corrected chi connectivity index (χ0v) is 10.3. The fourth-order valence-corrected chi connectivity index (χ4v) is 1.60. The minimum atomic E-state index is -4.83. The summed E-state index contributed by atoms with van der Waals surface area (Å²) in [7, 11) is 0. The highest BCUT2D eigenvalue weighted by atomic mass is 19.4. The molecule has 0 amide bonds. The Morgan fingerprint density at radius 2 is 1.76 bits per heavy atom. The predicted octanol–water partition coefficient (Wildman–Crippen LogP) is 4.11. The van der Waals surface area contributed by atoms with E-state index in [0.717, 1.165) is 12.1 Å². The van der Waals surface area contributed by atoms with Crippen molar-refractivity contribution in [3.8, 4) is 17.2 Å². The molecular weight excluding hydrogens is 291 g/mol. The molecule has 0 spiro atoms. The van der Waals surface area contributed by atoms with Gasteiger partial charge in [-0.1, -0.05) is 12.1 Å². The third-order valence-electron chi connectivity index (χ3n) is 2.56. The van der Waals surface area contributed by atoms with Crippen LogP contribution in [0.2, 0.25) is 0 Å². The minimum absolute atomic E-state index is 0.183. The monoisotopic (exact) mass is 299 g/mol. The molecule has 0 aliphatic carbocycles. The highest BCUT2D eigenvalue weighted by Gasteiger charge is 2.36. The number of hydrogen-bond donors (Lipinski definition) is 1. The number of nitrogens with zero attached hydrogens (tertiary/aromatic N) is 1. The molecule has 0 heterocycles. The first-order valence-corrected chi connectivity index (χ1v) is 5.60. The Morgan fingerprint density at radius 3 is 2.33 bits per heavy atom. The lowest BCUT2D eigenvalue weighted by Crippen LogP contribution is -2.08. The van der Waals surface area contributed by atoms with Gasteiger partial charge in [-0.25, -0.2) is 0 Å². The van der Waals surface area contributed by atoms with Crippen molar-refractivity contribution < 1.29 is 27.9 Å². The zero-order chi connectivity index (χ0) is 15.6. The van der Waals surface area contributed by atoms with Gasteiger partial charge in [0.25, 0.3) is 5.69 Å². The van der Waals surface area contributed by atoms with E-state index in [4.69, 9.17) is 4.74 Å². The molecule has 5 nitrogen and oxygen atoms in total. The lowest BCUT2D eigenvalue weighted by molar-refractivity contribution is -0.385. The van der Waals surface area contributed by atoms with Crippen LogP contribution in [-0.2, 0) is 6.18 Å². The number of aromatic hydroxyl groups is 1. The molecule has 0 unspecified atom stereocenters. The molecule has 0 radical (unpaired) electrons. The third kappa shape index (κ3) is 3.22. The van der Waals surface area contributed by atoms with Crippen LogP contribution in [0.25, 0.3) is 0 Å². The SMILES string of the molecule is O=[N+]([O-])c1ccc(Oc2ccccc2O)c(C(F)(F)F)c1. The van der Waals surface area contributed by atoms with Crippen LogP contribution in [0.15, 0.2) is 42.5 Å². The molecule has 0 aliphatic rings. The number of phenols is 1. The standard InChI is InChI=1S/C13H8F3NO4/c14-13(15,16)9-7-8(17(19)20)5-6-11(9)21-12-4-2-1-3-10(12)18/h1-7,18H. The van der Waals surface area contributed by atoms with Gasteiger partial charge in [0.1, 0.15) is 11.3 Å². The van der Waals surface area contributed by atoms with E-state index in [9.17, 15) is 28.4 Å². The van der Waals surface area contributed by atoms with Gasteiger partial charge in [-0.3, -0.25) is 10.1 Å². The van der Waals surface area contributed by atoms with E-state index in [0.29, 0.717) is 6.07 Å². The van der Waals surface area contributed by atoms with Crippen molar-refractivity contribution in [3.63, 3.8) is 0 Å². The Kier molecular flexibility index (Phi) is 3.70. The van der Waals surface area contributed by atoms with Crippen LogP contribution in [0, 0.1) is 10.1 Å². The summed E-state index contributed by atoms with van der Waals surface area (Å²) >= 11 is 0. The molecule has 1 N–H and O–H groups in total. The van der Waals surface area contributed by atoms with E-state index in [1.807, 2.05) is 0 Å². The fourth-order valence-electron chi connectivity index (χ4n) is 1.60. The van der Waals surface area contributed by atoms with Crippen LogP contribution < -0.4 is 4.74 Å². The topological polar surface area (TPSA) is 72.6 Å². The number of non-ortho nitro benzene ring substituents is 1. The second-order valence-corrected chi connectivity index (χ2v) is 4.01. The Labute approximate surface area is 116 Å².